The number of alkyl carbamates (subject to hydrolysis) is 1. The number of rotatable bonds is 2. The van der Waals surface area contributed by atoms with Crippen LogP contribution in [-0.2, 0) is 19.0 Å². The highest BCUT2D eigenvalue weighted by molar-refractivity contribution is 5.86. The molecule has 6 atom stereocenters. The number of nitrogens with one attached hydrogen (secondary N) is 2. The predicted molar refractivity (Wildman–Crippen MR) is 78.8 cm³/mol. The van der Waals surface area contributed by atoms with Crippen LogP contribution in [0.25, 0.3) is 0 Å². The lowest BCUT2D eigenvalue weighted by atomic mass is 9.97. The Hall–Kier alpha value is -1.46. The molecule has 5 N–H and O–H groups in total. The van der Waals surface area contributed by atoms with E-state index in [1.807, 2.05) is 0 Å². The molecule has 0 spiro atoms. The van der Waals surface area contributed by atoms with Gasteiger partial charge in [0.1, 0.15) is 36.0 Å². The molecule has 0 bridgehead atoms. The van der Waals surface area contributed by atoms with Gasteiger partial charge in [0.2, 0.25) is 5.91 Å². The summed E-state index contributed by atoms with van der Waals surface area (Å²) < 4.78 is 15.8. The van der Waals surface area contributed by atoms with Crippen LogP contribution in [0.1, 0.15) is 20.8 Å². The highest BCUT2D eigenvalue weighted by Gasteiger charge is 2.48. The van der Waals surface area contributed by atoms with Gasteiger partial charge in [-0.3, -0.25) is 4.79 Å². The molecule has 2 fully saturated rings. The van der Waals surface area contributed by atoms with Gasteiger partial charge in [-0.05, 0) is 20.8 Å². The van der Waals surface area contributed by atoms with E-state index in [9.17, 15) is 19.8 Å². The summed E-state index contributed by atoms with van der Waals surface area (Å²) in [7, 11) is 0. The summed E-state index contributed by atoms with van der Waals surface area (Å²) in [5, 5.41) is 34.0. The summed E-state index contributed by atoms with van der Waals surface area (Å²) in [6, 6.07) is -2.08. The number of hydrogen-bond donors (Lipinski definition) is 5. The zero-order valence-corrected chi connectivity index (χ0v) is 13.8. The topological polar surface area (TPSA) is 147 Å². The van der Waals surface area contributed by atoms with Crippen LogP contribution in [0.3, 0.4) is 0 Å². The van der Waals surface area contributed by atoms with Crippen molar-refractivity contribution >= 4 is 12.0 Å². The van der Waals surface area contributed by atoms with E-state index in [-0.39, 0.29) is 6.61 Å². The lowest BCUT2D eigenvalue weighted by molar-refractivity contribution is -0.266. The quantitative estimate of drug-likeness (QED) is 0.379. The van der Waals surface area contributed by atoms with E-state index in [0.717, 1.165) is 0 Å². The molecule has 0 aromatic rings. The summed E-state index contributed by atoms with van der Waals surface area (Å²) in [4.78, 5) is 24.0. The van der Waals surface area contributed by atoms with E-state index in [4.69, 9.17) is 19.3 Å². The minimum Gasteiger partial charge on any atom is -0.444 e. The van der Waals surface area contributed by atoms with Crippen LogP contribution in [0.15, 0.2) is 0 Å². The Labute approximate surface area is 139 Å². The summed E-state index contributed by atoms with van der Waals surface area (Å²) in [6.45, 7) is 4.33. The third kappa shape index (κ3) is 4.33. The summed E-state index contributed by atoms with van der Waals surface area (Å²) in [6.07, 6.45) is -5.64. The normalized spacial score (nSPS) is 37.0. The molecule has 0 aliphatic carbocycles. The van der Waals surface area contributed by atoms with E-state index in [1.54, 1.807) is 20.8 Å². The lowest BCUT2D eigenvalue weighted by Crippen LogP contribution is -2.64. The highest BCUT2D eigenvalue weighted by atomic mass is 16.7. The SMILES string of the molecule is CC(C)(C)OC(=O)N[C@H]1CO[C@H]2O[C@H](CO)[C@H](O)[C@H](O)[C@H]2NC1=O. The molecule has 0 radical (unpaired) electrons. The zero-order valence-electron chi connectivity index (χ0n) is 13.8. The van der Waals surface area contributed by atoms with Crippen molar-refractivity contribution in [1.82, 2.24) is 10.6 Å². The van der Waals surface area contributed by atoms with Crippen molar-refractivity contribution in [2.24, 2.45) is 0 Å². The van der Waals surface area contributed by atoms with Gasteiger partial charge in [0.05, 0.1) is 13.2 Å². The Balaban J connectivity index is 2.03. The molecule has 2 heterocycles. The van der Waals surface area contributed by atoms with Crippen molar-refractivity contribution in [2.45, 2.75) is 63.1 Å². The molecule has 0 unspecified atom stereocenters. The van der Waals surface area contributed by atoms with Gasteiger partial charge in [0.25, 0.3) is 0 Å². The molecule has 10 heteroatoms. The number of aliphatic hydroxyl groups is 3. The van der Waals surface area contributed by atoms with Gasteiger partial charge in [-0.15, -0.1) is 0 Å². The largest absolute Gasteiger partial charge is 0.444 e. The van der Waals surface area contributed by atoms with Crippen LogP contribution >= 0.6 is 0 Å². The fourth-order valence-corrected chi connectivity index (χ4v) is 2.47. The van der Waals surface area contributed by atoms with Crippen LogP contribution in [0.5, 0.6) is 0 Å². The maximum Gasteiger partial charge on any atom is 0.408 e. The second-order valence-corrected chi connectivity index (χ2v) is 6.77. The second-order valence-electron chi connectivity index (χ2n) is 6.77. The van der Waals surface area contributed by atoms with Crippen molar-refractivity contribution in [3.63, 3.8) is 0 Å². The van der Waals surface area contributed by atoms with Crippen molar-refractivity contribution in [3.8, 4) is 0 Å². The Morgan fingerprint density at radius 2 is 2.04 bits per heavy atom. The fourth-order valence-electron chi connectivity index (χ4n) is 2.47. The number of fused-ring (bicyclic) bond motifs is 1. The molecule has 2 aliphatic rings. The van der Waals surface area contributed by atoms with Crippen molar-refractivity contribution in [3.05, 3.63) is 0 Å². The first-order valence-corrected chi connectivity index (χ1v) is 7.66. The summed E-state index contributed by atoms with van der Waals surface area (Å²) >= 11 is 0. The minimum atomic E-state index is -1.38. The maximum atomic E-state index is 12.2. The number of hydrogen-bond acceptors (Lipinski definition) is 8. The zero-order chi connectivity index (χ0) is 18.1. The van der Waals surface area contributed by atoms with Crippen molar-refractivity contribution < 1.29 is 39.1 Å². The standard InChI is InChI=1S/C14H24N2O8/c1-14(2,3)24-13(21)15-6-5-22-12-8(16-11(6)20)10(19)9(18)7(4-17)23-12/h6-10,12,17-19H,4-5H2,1-3H3,(H,15,21)(H,16,20)/t6-,7+,8+,9-,10+,12-/m0/s1. The molecule has 138 valence electrons. The van der Waals surface area contributed by atoms with E-state index in [1.165, 1.54) is 0 Å². The second kappa shape index (κ2) is 7.19. The number of aliphatic hydroxyl groups excluding tert-OH is 3. The van der Waals surface area contributed by atoms with Crippen LogP contribution < -0.4 is 10.6 Å². The molecule has 2 aliphatic heterocycles. The van der Waals surface area contributed by atoms with Crippen LogP contribution in [0.4, 0.5) is 4.79 Å². The molecule has 0 aromatic carbocycles. The Bertz CT molecular complexity index is 480. The van der Waals surface area contributed by atoms with Gasteiger partial charge < -0.3 is 40.2 Å². The average molecular weight is 348 g/mol. The van der Waals surface area contributed by atoms with E-state index in [0.29, 0.717) is 0 Å². The Morgan fingerprint density at radius 3 is 2.62 bits per heavy atom. The Kier molecular flexibility index (Phi) is 5.66. The van der Waals surface area contributed by atoms with Crippen molar-refractivity contribution in [2.75, 3.05) is 13.2 Å². The average Bonchev–Trinajstić information content (AvgIpc) is 2.61. The van der Waals surface area contributed by atoms with E-state index < -0.39 is 60.9 Å². The number of ether oxygens (including phenoxy) is 3. The lowest BCUT2D eigenvalue weighted by Gasteiger charge is -2.40. The number of carbonyl (C=O) groups is 2. The number of carbonyl (C=O) groups excluding carboxylic acids is 2. The highest BCUT2D eigenvalue weighted by Crippen LogP contribution is 2.23. The smallest absolute Gasteiger partial charge is 0.408 e. The fraction of sp³-hybridized carbons (Fsp3) is 0.857. The number of amides is 2. The van der Waals surface area contributed by atoms with Crippen LogP contribution in [0.2, 0.25) is 0 Å². The molecular weight excluding hydrogens is 324 g/mol. The molecular formula is C14H24N2O8. The first-order chi connectivity index (χ1) is 11.1. The van der Waals surface area contributed by atoms with E-state index in [2.05, 4.69) is 10.6 Å². The molecule has 2 rings (SSSR count). The van der Waals surface area contributed by atoms with Crippen LogP contribution in [0, 0.1) is 0 Å². The molecule has 10 nitrogen and oxygen atoms in total. The first kappa shape index (κ1) is 18.9. The van der Waals surface area contributed by atoms with Crippen molar-refractivity contribution in [1.29, 1.82) is 0 Å². The molecule has 2 saturated heterocycles. The maximum absolute atomic E-state index is 12.2. The third-order valence-corrected chi connectivity index (χ3v) is 3.62. The summed E-state index contributed by atoms with van der Waals surface area (Å²) in [5.41, 5.74) is -0.724. The Morgan fingerprint density at radius 1 is 1.38 bits per heavy atom. The van der Waals surface area contributed by atoms with Gasteiger partial charge in [-0.2, -0.15) is 0 Å². The van der Waals surface area contributed by atoms with Gasteiger partial charge >= 0.3 is 6.09 Å². The molecule has 24 heavy (non-hydrogen) atoms. The molecule has 2 amide bonds. The van der Waals surface area contributed by atoms with Gasteiger partial charge in [0, 0.05) is 0 Å². The predicted octanol–water partition coefficient (Wildman–Crippen LogP) is -2.17. The monoisotopic (exact) mass is 348 g/mol. The molecule has 0 saturated carbocycles. The minimum absolute atomic E-state index is 0.215. The van der Waals surface area contributed by atoms with Crippen LogP contribution in [-0.4, -0.2) is 82.8 Å². The third-order valence-electron chi connectivity index (χ3n) is 3.62. The van der Waals surface area contributed by atoms with Gasteiger partial charge in [0.15, 0.2) is 6.29 Å². The van der Waals surface area contributed by atoms with Gasteiger partial charge in [-0.25, -0.2) is 4.79 Å². The summed E-state index contributed by atoms with van der Waals surface area (Å²) in [5.74, 6) is -0.606. The first-order valence-electron chi connectivity index (χ1n) is 7.66. The van der Waals surface area contributed by atoms with E-state index >= 15 is 0 Å². The van der Waals surface area contributed by atoms with Gasteiger partial charge in [-0.1, -0.05) is 0 Å². The molecule has 0 aromatic heterocycles.